The maximum atomic E-state index is 11.7. The molecule has 0 aliphatic carbocycles. The molecule has 7 heteroatoms. The van der Waals surface area contributed by atoms with Crippen LogP contribution in [0.25, 0.3) is 0 Å². The Morgan fingerprint density at radius 2 is 2.21 bits per heavy atom. The van der Waals surface area contributed by atoms with Gasteiger partial charge >= 0.3 is 5.97 Å². The standard InChI is InChI=1S/C12H19N3O4/c1-8-6-9(2)15(14-8)5-4-11(17)13-10(7-16)12(18)19-3/h6,10,16H,4-5,7H2,1-3H3,(H,13,17). The number of nitrogens with one attached hydrogen (secondary N) is 1. The van der Waals surface area contributed by atoms with E-state index in [0.717, 1.165) is 11.4 Å². The number of methoxy groups -OCH3 is 1. The molecular formula is C12H19N3O4. The summed E-state index contributed by atoms with van der Waals surface area (Å²) < 4.78 is 6.18. The summed E-state index contributed by atoms with van der Waals surface area (Å²) in [6, 6.07) is 0.904. The molecule has 0 saturated carbocycles. The summed E-state index contributed by atoms with van der Waals surface area (Å²) in [7, 11) is 1.20. The fraction of sp³-hybridized carbons (Fsp3) is 0.583. The first-order chi connectivity index (χ1) is 8.97. The molecule has 0 aliphatic rings. The number of aryl methyl sites for hydroxylation is 3. The summed E-state index contributed by atoms with van der Waals surface area (Å²) in [5, 5.41) is 15.6. The van der Waals surface area contributed by atoms with Crippen LogP contribution >= 0.6 is 0 Å². The van der Waals surface area contributed by atoms with Crippen LogP contribution in [0.5, 0.6) is 0 Å². The number of carbonyl (C=O) groups is 2. The normalized spacial score (nSPS) is 12.0. The molecule has 106 valence electrons. The summed E-state index contributed by atoms with van der Waals surface area (Å²) in [6.45, 7) is 3.72. The van der Waals surface area contributed by atoms with Gasteiger partial charge in [0, 0.05) is 18.7 Å². The van der Waals surface area contributed by atoms with Crippen molar-refractivity contribution in [1.29, 1.82) is 0 Å². The minimum atomic E-state index is -1.02. The predicted molar refractivity (Wildman–Crippen MR) is 67.4 cm³/mol. The van der Waals surface area contributed by atoms with Crippen LogP contribution in [0.2, 0.25) is 0 Å². The van der Waals surface area contributed by atoms with Crippen molar-refractivity contribution in [2.75, 3.05) is 13.7 Å². The van der Waals surface area contributed by atoms with Gasteiger partial charge in [0.1, 0.15) is 0 Å². The minimum absolute atomic E-state index is 0.176. The van der Waals surface area contributed by atoms with E-state index >= 15 is 0 Å². The molecule has 1 atom stereocenters. The Kier molecular flexibility index (Phi) is 5.50. The molecule has 0 saturated heterocycles. The van der Waals surface area contributed by atoms with Crippen molar-refractivity contribution in [1.82, 2.24) is 15.1 Å². The summed E-state index contributed by atoms with van der Waals surface area (Å²) in [5.41, 5.74) is 1.86. The number of hydrogen-bond donors (Lipinski definition) is 2. The van der Waals surface area contributed by atoms with Crippen molar-refractivity contribution in [3.8, 4) is 0 Å². The maximum absolute atomic E-state index is 11.7. The first-order valence-electron chi connectivity index (χ1n) is 5.97. The van der Waals surface area contributed by atoms with E-state index < -0.39 is 18.6 Å². The van der Waals surface area contributed by atoms with Gasteiger partial charge in [0.2, 0.25) is 5.91 Å². The number of aliphatic hydroxyl groups excluding tert-OH is 1. The van der Waals surface area contributed by atoms with E-state index in [0.29, 0.717) is 6.54 Å². The zero-order chi connectivity index (χ0) is 14.4. The molecule has 1 aromatic heterocycles. The van der Waals surface area contributed by atoms with E-state index in [2.05, 4.69) is 15.2 Å². The van der Waals surface area contributed by atoms with E-state index in [4.69, 9.17) is 5.11 Å². The number of aromatic nitrogens is 2. The third-order valence-corrected chi connectivity index (χ3v) is 2.66. The van der Waals surface area contributed by atoms with Gasteiger partial charge in [-0.1, -0.05) is 0 Å². The van der Waals surface area contributed by atoms with Crippen molar-refractivity contribution >= 4 is 11.9 Å². The first kappa shape index (κ1) is 15.2. The number of rotatable bonds is 6. The van der Waals surface area contributed by atoms with E-state index in [1.165, 1.54) is 7.11 Å². The van der Waals surface area contributed by atoms with E-state index in [1.54, 1.807) is 4.68 Å². The lowest BCUT2D eigenvalue weighted by molar-refractivity contribution is -0.146. The fourth-order valence-electron chi connectivity index (χ4n) is 1.70. The Balaban J connectivity index is 2.47. The average molecular weight is 269 g/mol. The van der Waals surface area contributed by atoms with Gasteiger partial charge in [-0.05, 0) is 19.9 Å². The highest BCUT2D eigenvalue weighted by Gasteiger charge is 2.20. The lowest BCUT2D eigenvalue weighted by Crippen LogP contribution is -2.44. The van der Waals surface area contributed by atoms with Crippen molar-refractivity contribution in [3.05, 3.63) is 17.5 Å². The summed E-state index contributed by atoms with van der Waals surface area (Å²) in [6.07, 6.45) is 0.176. The summed E-state index contributed by atoms with van der Waals surface area (Å²) >= 11 is 0. The molecule has 0 fully saturated rings. The lowest BCUT2D eigenvalue weighted by Gasteiger charge is -2.13. The maximum Gasteiger partial charge on any atom is 0.330 e. The van der Waals surface area contributed by atoms with Crippen molar-refractivity contribution < 1.29 is 19.4 Å². The van der Waals surface area contributed by atoms with E-state index in [-0.39, 0.29) is 12.3 Å². The van der Waals surface area contributed by atoms with Gasteiger partial charge in [-0.15, -0.1) is 0 Å². The predicted octanol–water partition coefficient (Wildman–Crippen LogP) is -0.460. The monoisotopic (exact) mass is 269 g/mol. The number of hydrogen-bond acceptors (Lipinski definition) is 5. The van der Waals surface area contributed by atoms with Gasteiger partial charge < -0.3 is 15.2 Å². The van der Waals surface area contributed by atoms with Crippen LogP contribution < -0.4 is 5.32 Å². The highest BCUT2D eigenvalue weighted by Crippen LogP contribution is 2.02. The van der Waals surface area contributed by atoms with Gasteiger partial charge in [0.25, 0.3) is 0 Å². The molecule has 1 rings (SSSR count). The van der Waals surface area contributed by atoms with E-state index in [1.807, 2.05) is 19.9 Å². The van der Waals surface area contributed by atoms with Gasteiger partial charge in [0.15, 0.2) is 6.04 Å². The fourth-order valence-corrected chi connectivity index (χ4v) is 1.70. The van der Waals surface area contributed by atoms with Crippen LogP contribution in [0.15, 0.2) is 6.07 Å². The molecule has 7 nitrogen and oxygen atoms in total. The van der Waals surface area contributed by atoms with Crippen LogP contribution in [0.3, 0.4) is 0 Å². The molecule has 0 bridgehead atoms. The van der Waals surface area contributed by atoms with Crippen LogP contribution in [-0.4, -0.2) is 46.5 Å². The molecule has 1 aromatic rings. The summed E-state index contributed by atoms with van der Waals surface area (Å²) in [4.78, 5) is 22.8. The molecule has 2 N–H and O–H groups in total. The Hall–Kier alpha value is -1.89. The first-order valence-corrected chi connectivity index (χ1v) is 5.97. The largest absolute Gasteiger partial charge is 0.467 e. The second-order valence-electron chi connectivity index (χ2n) is 4.23. The molecule has 1 heterocycles. The molecule has 1 amide bonds. The smallest absolute Gasteiger partial charge is 0.330 e. The average Bonchev–Trinajstić information content (AvgIpc) is 2.71. The van der Waals surface area contributed by atoms with Gasteiger partial charge in [-0.2, -0.15) is 5.10 Å². The molecular weight excluding hydrogens is 250 g/mol. The number of esters is 1. The van der Waals surface area contributed by atoms with Gasteiger partial charge in [-0.25, -0.2) is 4.79 Å². The van der Waals surface area contributed by atoms with Crippen LogP contribution in [-0.2, 0) is 20.9 Å². The SMILES string of the molecule is COC(=O)C(CO)NC(=O)CCn1nc(C)cc1C. The highest BCUT2D eigenvalue weighted by molar-refractivity contribution is 5.84. The Morgan fingerprint density at radius 3 is 2.68 bits per heavy atom. The third-order valence-electron chi connectivity index (χ3n) is 2.66. The van der Waals surface area contributed by atoms with E-state index in [9.17, 15) is 9.59 Å². The third kappa shape index (κ3) is 4.36. The zero-order valence-corrected chi connectivity index (χ0v) is 11.3. The quantitative estimate of drug-likeness (QED) is 0.682. The molecule has 0 aromatic carbocycles. The van der Waals surface area contributed by atoms with Gasteiger partial charge in [-0.3, -0.25) is 9.48 Å². The molecule has 19 heavy (non-hydrogen) atoms. The lowest BCUT2D eigenvalue weighted by atomic mass is 10.3. The number of nitrogens with zero attached hydrogens (tertiary/aromatic N) is 2. The molecule has 0 radical (unpaired) electrons. The minimum Gasteiger partial charge on any atom is -0.467 e. The number of amides is 1. The van der Waals surface area contributed by atoms with Gasteiger partial charge in [0.05, 0.1) is 19.4 Å². The molecule has 1 unspecified atom stereocenters. The Bertz CT molecular complexity index is 456. The van der Waals surface area contributed by atoms with Crippen LogP contribution in [0.4, 0.5) is 0 Å². The molecule has 0 aliphatic heterocycles. The van der Waals surface area contributed by atoms with Crippen molar-refractivity contribution in [2.24, 2.45) is 0 Å². The number of aliphatic hydroxyl groups is 1. The summed E-state index contributed by atoms with van der Waals surface area (Å²) in [5.74, 6) is -1.00. The Labute approximate surface area is 111 Å². The van der Waals surface area contributed by atoms with Crippen LogP contribution in [0, 0.1) is 13.8 Å². The topological polar surface area (TPSA) is 93.5 Å². The van der Waals surface area contributed by atoms with Crippen molar-refractivity contribution in [2.45, 2.75) is 32.9 Å². The highest BCUT2D eigenvalue weighted by atomic mass is 16.5. The molecule has 0 spiro atoms. The second kappa shape index (κ2) is 6.89. The number of ether oxygens (including phenoxy) is 1. The second-order valence-corrected chi connectivity index (χ2v) is 4.23. The zero-order valence-electron chi connectivity index (χ0n) is 11.3. The number of carbonyl (C=O) groups excluding carboxylic acids is 2. The van der Waals surface area contributed by atoms with Crippen molar-refractivity contribution in [3.63, 3.8) is 0 Å². The Morgan fingerprint density at radius 1 is 1.53 bits per heavy atom. The van der Waals surface area contributed by atoms with Crippen LogP contribution in [0.1, 0.15) is 17.8 Å².